The molecule has 0 bridgehead atoms. The Balaban J connectivity index is 1.98. The summed E-state index contributed by atoms with van der Waals surface area (Å²) < 4.78 is 18.6. The Hall–Kier alpha value is -2.15. The van der Waals surface area contributed by atoms with Crippen LogP contribution in [0.4, 0.5) is 9.18 Å². The van der Waals surface area contributed by atoms with Crippen LogP contribution < -0.4 is 10.1 Å². The minimum atomic E-state index is -0.429. The first kappa shape index (κ1) is 16.2. The number of amides is 3. The van der Waals surface area contributed by atoms with E-state index in [0.717, 1.165) is 5.56 Å². The molecular formula is C15H20FN3O3. The fourth-order valence-electron chi connectivity index (χ4n) is 2.33. The maximum atomic E-state index is 13.7. The Kier molecular flexibility index (Phi) is 5.32. The number of carbonyl (C=O) groups is 2. The summed E-state index contributed by atoms with van der Waals surface area (Å²) in [5, 5.41) is 2.60. The fourth-order valence-corrected chi connectivity index (χ4v) is 2.33. The first-order valence-electron chi connectivity index (χ1n) is 7.18. The number of methoxy groups -OCH3 is 1. The zero-order chi connectivity index (χ0) is 16.1. The van der Waals surface area contributed by atoms with Crippen LogP contribution in [-0.2, 0) is 11.3 Å². The molecule has 0 radical (unpaired) electrons. The van der Waals surface area contributed by atoms with Gasteiger partial charge in [-0.2, -0.15) is 0 Å². The van der Waals surface area contributed by atoms with Gasteiger partial charge in [-0.3, -0.25) is 14.6 Å². The van der Waals surface area contributed by atoms with Crippen LogP contribution in [0.25, 0.3) is 0 Å². The van der Waals surface area contributed by atoms with E-state index in [0.29, 0.717) is 26.2 Å². The zero-order valence-corrected chi connectivity index (χ0v) is 12.8. The highest BCUT2D eigenvalue weighted by Crippen LogP contribution is 2.18. The topological polar surface area (TPSA) is 61.9 Å². The summed E-state index contributed by atoms with van der Waals surface area (Å²) in [6.45, 7) is 3.97. The number of rotatable bonds is 6. The van der Waals surface area contributed by atoms with E-state index in [-0.39, 0.29) is 24.2 Å². The molecule has 0 unspecified atom stereocenters. The Morgan fingerprint density at radius 3 is 2.82 bits per heavy atom. The summed E-state index contributed by atoms with van der Waals surface area (Å²) in [4.78, 5) is 26.6. The van der Waals surface area contributed by atoms with Crippen LogP contribution in [0.1, 0.15) is 12.5 Å². The number of likely N-dealkylation sites (N-methyl/N-ethyl adjacent to an activating group) is 1. The second-order valence-electron chi connectivity index (χ2n) is 5.05. The lowest BCUT2D eigenvalue weighted by Crippen LogP contribution is -2.41. The molecule has 1 saturated heterocycles. The largest absolute Gasteiger partial charge is 0.494 e. The molecule has 0 spiro atoms. The molecule has 1 aromatic carbocycles. The Morgan fingerprint density at radius 1 is 1.50 bits per heavy atom. The number of carbonyl (C=O) groups excluding carboxylic acids is 2. The molecule has 0 saturated carbocycles. The molecule has 1 aliphatic rings. The molecule has 6 nitrogen and oxygen atoms in total. The van der Waals surface area contributed by atoms with E-state index in [2.05, 4.69) is 5.32 Å². The van der Waals surface area contributed by atoms with Crippen molar-refractivity contribution in [3.63, 3.8) is 0 Å². The average Bonchev–Trinajstić information content (AvgIpc) is 2.93. The van der Waals surface area contributed by atoms with Crippen molar-refractivity contribution >= 4 is 11.9 Å². The number of urea groups is 1. The molecule has 1 N–H and O–H groups in total. The summed E-state index contributed by atoms with van der Waals surface area (Å²) in [6, 6.07) is 4.37. The van der Waals surface area contributed by atoms with Crippen molar-refractivity contribution in [1.29, 1.82) is 0 Å². The zero-order valence-electron chi connectivity index (χ0n) is 12.8. The Labute approximate surface area is 128 Å². The van der Waals surface area contributed by atoms with Gasteiger partial charge >= 0.3 is 6.03 Å². The molecule has 1 heterocycles. The smallest absolute Gasteiger partial charge is 0.324 e. The SMILES string of the molecule is CCN(CC(=O)N1CCNC1=O)Cc1ccc(OC)c(F)c1. The number of ether oxygens (including phenoxy) is 1. The van der Waals surface area contributed by atoms with Gasteiger partial charge < -0.3 is 10.1 Å². The second kappa shape index (κ2) is 7.22. The van der Waals surface area contributed by atoms with Gasteiger partial charge in [0.2, 0.25) is 5.91 Å². The van der Waals surface area contributed by atoms with Gasteiger partial charge in [0, 0.05) is 19.6 Å². The maximum Gasteiger partial charge on any atom is 0.324 e. The van der Waals surface area contributed by atoms with Crippen LogP contribution in [0.5, 0.6) is 5.75 Å². The predicted octanol–water partition coefficient (Wildman–Crippen LogP) is 1.21. The van der Waals surface area contributed by atoms with E-state index in [9.17, 15) is 14.0 Å². The highest BCUT2D eigenvalue weighted by atomic mass is 19.1. The van der Waals surface area contributed by atoms with Crippen molar-refractivity contribution < 1.29 is 18.7 Å². The van der Waals surface area contributed by atoms with Gasteiger partial charge in [0.15, 0.2) is 11.6 Å². The standard InChI is InChI=1S/C15H20FN3O3/c1-3-18(10-14(20)19-7-6-17-15(19)21)9-11-4-5-13(22-2)12(16)8-11/h4-5,8H,3,6-7,9-10H2,1-2H3,(H,17,21). The van der Waals surface area contributed by atoms with Crippen LogP contribution in [0.15, 0.2) is 18.2 Å². The van der Waals surface area contributed by atoms with Gasteiger partial charge in [-0.1, -0.05) is 13.0 Å². The summed E-state index contributed by atoms with van der Waals surface area (Å²) in [5.41, 5.74) is 0.749. The number of benzene rings is 1. The van der Waals surface area contributed by atoms with Gasteiger partial charge in [-0.05, 0) is 24.2 Å². The van der Waals surface area contributed by atoms with E-state index in [1.165, 1.54) is 18.1 Å². The number of nitrogens with one attached hydrogen (secondary N) is 1. The van der Waals surface area contributed by atoms with Gasteiger partial charge in [-0.15, -0.1) is 0 Å². The molecular weight excluding hydrogens is 289 g/mol. The van der Waals surface area contributed by atoms with E-state index in [1.807, 2.05) is 11.8 Å². The van der Waals surface area contributed by atoms with Gasteiger partial charge in [-0.25, -0.2) is 9.18 Å². The summed E-state index contributed by atoms with van der Waals surface area (Å²) in [5.74, 6) is -0.483. The molecule has 0 aromatic heterocycles. The third-order valence-electron chi connectivity index (χ3n) is 3.59. The molecule has 7 heteroatoms. The van der Waals surface area contributed by atoms with Gasteiger partial charge in [0.25, 0.3) is 0 Å². The number of hydrogen-bond donors (Lipinski definition) is 1. The Bertz CT molecular complexity index is 565. The number of nitrogens with zero attached hydrogens (tertiary/aromatic N) is 2. The van der Waals surface area contributed by atoms with Crippen LogP contribution in [0.3, 0.4) is 0 Å². The van der Waals surface area contributed by atoms with Crippen LogP contribution in [0, 0.1) is 5.82 Å². The van der Waals surface area contributed by atoms with Gasteiger partial charge in [0.1, 0.15) is 0 Å². The van der Waals surface area contributed by atoms with Crippen molar-refractivity contribution in [3.05, 3.63) is 29.6 Å². The lowest BCUT2D eigenvalue weighted by atomic mass is 10.2. The molecule has 1 fully saturated rings. The molecule has 0 atom stereocenters. The van der Waals surface area contributed by atoms with Crippen molar-refractivity contribution in [1.82, 2.24) is 15.1 Å². The highest BCUT2D eigenvalue weighted by molar-refractivity contribution is 5.96. The van der Waals surface area contributed by atoms with Crippen molar-refractivity contribution in [2.24, 2.45) is 0 Å². The fraction of sp³-hybridized carbons (Fsp3) is 0.467. The van der Waals surface area contributed by atoms with Crippen molar-refractivity contribution in [3.8, 4) is 5.75 Å². The Morgan fingerprint density at radius 2 is 2.27 bits per heavy atom. The normalized spacial score (nSPS) is 14.4. The number of hydrogen-bond acceptors (Lipinski definition) is 4. The molecule has 120 valence electrons. The molecule has 0 aliphatic carbocycles. The van der Waals surface area contributed by atoms with Crippen LogP contribution >= 0.6 is 0 Å². The highest BCUT2D eigenvalue weighted by Gasteiger charge is 2.27. The lowest BCUT2D eigenvalue weighted by molar-refractivity contribution is -0.128. The quantitative estimate of drug-likeness (QED) is 0.858. The molecule has 1 aliphatic heterocycles. The first-order valence-corrected chi connectivity index (χ1v) is 7.18. The van der Waals surface area contributed by atoms with E-state index < -0.39 is 5.82 Å². The second-order valence-corrected chi connectivity index (χ2v) is 5.05. The molecule has 3 amide bonds. The molecule has 1 aromatic rings. The molecule has 22 heavy (non-hydrogen) atoms. The monoisotopic (exact) mass is 309 g/mol. The minimum Gasteiger partial charge on any atom is -0.494 e. The number of imide groups is 1. The summed E-state index contributed by atoms with van der Waals surface area (Å²) >= 11 is 0. The van der Waals surface area contributed by atoms with E-state index in [1.54, 1.807) is 12.1 Å². The minimum absolute atomic E-state index is 0.123. The van der Waals surface area contributed by atoms with E-state index >= 15 is 0 Å². The third-order valence-corrected chi connectivity index (χ3v) is 3.59. The number of halogens is 1. The summed E-state index contributed by atoms with van der Waals surface area (Å²) in [7, 11) is 1.41. The maximum absolute atomic E-state index is 13.7. The van der Waals surface area contributed by atoms with E-state index in [4.69, 9.17) is 4.74 Å². The van der Waals surface area contributed by atoms with Crippen molar-refractivity contribution in [2.45, 2.75) is 13.5 Å². The summed E-state index contributed by atoms with van der Waals surface area (Å²) in [6.07, 6.45) is 0. The lowest BCUT2D eigenvalue weighted by Gasteiger charge is -2.22. The first-order chi connectivity index (χ1) is 10.5. The molecule has 2 rings (SSSR count). The van der Waals surface area contributed by atoms with Crippen molar-refractivity contribution in [2.75, 3.05) is 33.3 Å². The van der Waals surface area contributed by atoms with Crippen LogP contribution in [0.2, 0.25) is 0 Å². The predicted molar refractivity (Wildman–Crippen MR) is 79.0 cm³/mol. The van der Waals surface area contributed by atoms with Gasteiger partial charge in [0.05, 0.1) is 13.7 Å². The third kappa shape index (κ3) is 3.73. The van der Waals surface area contributed by atoms with Crippen LogP contribution in [-0.4, -0.2) is 55.0 Å². The average molecular weight is 309 g/mol.